The summed E-state index contributed by atoms with van der Waals surface area (Å²) in [6.07, 6.45) is 2.88. The molecule has 0 heterocycles. The second-order valence-electron chi connectivity index (χ2n) is 10.2. The number of anilines is 2. The molecular formula is C29H40N5O4S2+. The monoisotopic (exact) mass is 586 g/mol. The Morgan fingerprint density at radius 2 is 1.45 bits per heavy atom. The zero-order valence-corrected chi connectivity index (χ0v) is 25.1. The van der Waals surface area contributed by atoms with Crippen LogP contribution in [-0.2, 0) is 9.59 Å². The zero-order valence-electron chi connectivity index (χ0n) is 23.5. The van der Waals surface area contributed by atoms with Gasteiger partial charge in [0.05, 0.1) is 38.3 Å². The quantitative estimate of drug-likeness (QED) is 0.0776. The number of fused-ring (bicyclic) bond motifs is 2. The second kappa shape index (κ2) is 15.7. The minimum Gasteiger partial charge on any atom is -0.388 e. The summed E-state index contributed by atoms with van der Waals surface area (Å²) in [5, 5.41) is 12.1. The Balaban J connectivity index is 1.41. The molecule has 11 heteroatoms. The second-order valence-corrected chi connectivity index (χ2v) is 12.9. The van der Waals surface area contributed by atoms with Crippen LogP contribution in [0.3, 0.4) is 0 Å². The third-order valence-electron chi connectivity index (χ3n) is 6.77. The Labute approximate surface area is 244 Å². The molecular weight excluding hydrogens is 546 g/mol. The van der Waals surface area contributed by atoms with Crippen LogP contribution in [0.4, 0.5) is 11.4 Å². The van der Waals surface area contributed by atoms with Crippen molar-refractivity contribution >= 4 is 56.8 Å². The smallest absolute Gasteiger partial charge is 0.220 e. The topological polar surface area (TPSA) is 116 Å². The van der Waals surface area contributed by atoms with Gasteiger partial charge in [-0.1, -0.05) is 45.9 Å². The zero-order chi connectivity index (χ0) is 29.0. The summed E-state index contributed by atoms with van der Waals surface area (Å²) in [6, 6.07) is 10.7. The Kier molecular flexibility index (Phi) is 12.4. The summed E-state index contributed by atoms with van der Waals surface area (Å²) in [7, 11) is 9.44. The number of quaternary nitrogens is 1. The Morgan fingerprint density at radius 1 is 0.850 bits per heavy atom. The van der Waals surface area contributed by atoms with Crippen molar-refractivity contribution in [1.82, 2.24) is 10.6 Å². The van der Waals surface area contributed by atoms with Gasteiger partial charge < -0.3 is 25.8 Å². The average Bonchev–Trinajstić information content (AvgIpc) is 2.95. The molecule has 40 heavy (non-hydrogen) atoms. The Bertz CT molecular complexity index is 1200. The van der Waals surface area contributed by atoms with Crippen LogP contribution < -0.4 is 21.3 Å². The fourth-order valence-corrected chi connectivity index (χ4v) is 6.52. The number of ketones is 2. The van der Waals surface area contributed by atoms with E-state index in [2.05, 4.69) is 35.4 Å². The van der Waals surface area contributed by atoms with Crippen LogP contribution in [0, 0.1) is 0 Å². The number of amides is 2. The maximum Gasteiger partial charge on any atom is 0.220 e. The van der Waals surface area contributed by atoms with Crippen LogP contribution in [0.5, 0.6) is 0 Å². The van der Waals surface area contributed by atoms with Crippen LogP contribution in [0.2, 0.25) is 0 Å². The molecule has 1 aliphatic rings. The minimum atomic E-state index is -0.138. The van der Waals surface area contributed by atoms with Gasteiger partial charge in [0, 0.05) is 80.0 Å². The molecule has 3 rings (SSSR count). The van der Waals surface area contributed by atoms with E-state index in [1.165, 1.54) is 0 Å². The first-order chi connectivity index (χ1) is 19.3. The lowest BCUT2D eigenvalue weighted by Gasteiger charge is -2.30. The highest BCUT2D eigenvalue weighted by atomic mass is 33.1. The summed E-state index contributed by atoms with van der Waals surface area (Å²) < 4.78 is 0.790. The molecule has 0 fully saturated rings. The van der Waals surface area contributed by atoms with E-state index in [9.17, 15) is 19.2 Å². The number of hydrogen-bond acceptors (Lipinski definition) is 8. The predicted octanol–water partition coefficient (Wildman–Crippen LogP) is 3.41. The average molecular weight is 587 g/mol. The van der Waals surface area contributed by atoms with Crippen molar-refractivity contribution in [3.05, 3.63) is 58.7 Å². The van der Waals surface area contributed by atoms with E-state index in [1.54, 1.807) is 52.9 Å². The van der Waals surface area contributed by atoms with Crippen molar-refractivity contribution in [3.63, 3.8) is 0 Å². The van der Waals surface area contributed by atoms with Crippen molar-refractivity contribution < 1.29 is 23.7 Å². The van der Waals surface area contributed by atoms with Crippen LogP contribution in [0.25, 0.3) is 0 Å². The van der Waals surface area contributed by atoms with Crippen LogP contribution >= 0.6 is 21.6 Å². The minimum absolute atomic E-state index is 0.0745. The number of rotatable bonds is 18. The summed E-state index contributed by atoms with van der Waals surface area (Å²) in [5.74, 6) is 1.48. The van der Waals surface area contributed by atoms with Gasteiger partial charge in [0.25, 0.3) is 0 Å². The van der Waals surface area contributed by atoms with Crippen LogP contribution in [-0.4, -0.2) is 93.7 Å². The van der Waals surface area contributed by atoms with Crippen molar-refractivity contribution in [2.24, 2.45) is 0 Å². The Hall–Kier alpha value is -3.02. The summed E-state index contributed by atoms with van der Waals surface area (Å²) in [4.78, 5) is 49.0. The van der Waals surface area contributed by atoms with Crippen molar-refractivity contribution in [2.75, 3.05) is 76.0 Å². The van der Waals surface area contributed by atoms with Gasteiger partial charge in [0.1, 0.15) is 0 Å². The summed E-state index contributed by atoms with van der Waals surface area (Å²) >= 11 is 0. The molecule has 0 atom stereocenters. The number of carbonyl (C=O) groups excluding carboxylic acids is 4. The predicted molar refractivity (Wildman–Crippen MR) is 165 cm³/mol. The van der Waals surface area contributed by atoms with Gasteiger partial charge in [-0.15, -0.1) is 0 Å². The lowest BCUT2D eigenvalue weighted by atomic mass is 9.82. The SMILES string of the molecule is CNc1ccc(NCCC[N+](C)(C)CCCC(=O)NCCSSCCNC=O)c2c1C(=O)c1ccccc1C2=O. The van der Waals surface area contributed by atoms with E-state index in [4.69, 9.17) is 0 Å². The number of nitrogens with zero attached hydrogens (tertiary/aromatic N) is 1. The largest absolute Gasteiger partial charge is 0.388 e. The van der Waals surface area contributed by atoms with Gasteiger partial charge in [-0.25, -0.2) is 0 Å². The molecule has 4 N–H and O–H groups in total. The molecule has 0 unspecified atom stereocenters. The van der Waals surface area contributed by atoms with E-state index in [1.807, 2.05) is 12.1 Å². The first kappa shape index (κ1) is 31.5. The van der Waals surface area contributed by atoms with Gasteiger partial charge in [0.15, 0.2) is 11.6 Å². The van der Waals surface area contributed by atoms with Crippen molar-refractivity contribution in [3.8, 4) is 0 Å². The van der Waals surface area contributed by atoms with E-state index in [-0.39, 0.29) is 17.5 Å². The Morgan fingerprint density at radius 3 is 2.10 bits per heavy atom. The van der Waals surface area contributed by atoms with Gasteiger partial charge in [0.2, 0.25) is 12.3 Å². The first-order valence-corrected chi connectivity index (χ1v) is 16.0. The third kappa shape index (κ3) is 8.74. The molecule has 0 aromatic heterocycles. The number of carbonyl (C=O) groups is 4. The highest BCUT2D eigenvalue weighted by Gasteiger charge is 2.33. The molecule has 216 valence electrons. The van der Waals surface area contributed by atoms with Crippen LogP contribution in [0.15, 0.2) is 36.4 Å². The molecule has 0 saturated heterocycles. The molecule has 1 aliphatic carbocycles. The number of hydrogen-bond donors (Lipinski definition) is 4. The number of benzene rings is 2. The third-order valence-corrected chi connectivity index (χ3v) is 9.18. The van der Waals surface area contributed by atoms with Crippen LogP contribution in [0.1, 0.15) is 51.1 Å². The molecule has 2 amide bonds. The number of nitrogens with one attached hydrogen (secondary N) is 4. The van der Waals surface area contributed by atoms with Crippen molar-refractivity contribution in [2.45, 2.75) is 19.3 Å². The maximum atomic E-state index is 13.4. The van der Waals surface area contributed by atoms with E-state index >= 15 is 0 Å². The van der Waals surface area contributed by atoms with Gasteiger partial charge in [-0.2, -0.15) is 0 Å². The standard InChI is InChI=1S/C29H39N5O4S2/c1-30-23-11-12-24(27-26(23)28(37)21-8-4-5-9-22(21)29(27)38)32-13-7-17-34(2,3)16-6-10-25(36)33-15-19-40-39-18-14-31-20-35/h4-5,8-9,11-12,20H,6-7,10,13-19H2,1-3H3,(H3-,30,31,32,33,35,36,37,38)/p+1. The molecule has 0 spiro atoms. The fraction of sp³-hybridized carbons (Fsp3) is 0.448. The highest BCUT2D eigenvalue weighted by Crippen LogP contribution is 2.36. The summed E-state index contributed by atoms with van der Waals surface area (Å²) in [6.45, 7) is 3.75. The summed E-state index contributed by atoms with van der Waals surface area (Å²) in [5.41, 5.74) is 3.07. The van der Waals surface area contributed by atoms with Gasteiger partial charge >= 0.3 is 0 Å². The normalized spacial score (nSPS) is 12.4. The fourth-order valence-electron chi connectivity index (χ4n) is 4.69. The van der Waals surface area contributed by atoms with E-state index in [0.29, 0.717) is 66.1 Å². The molecule has 0 radical (unpaired) electrons. The maximum absolute atomic E-state index is 13.4. The molecule has 2 aromatic rings. The van der Waals surface area contributed by atoms with Crippen molar-refractivity contribution in [1.29, 1.82) is 0 Å². The molecule has 0 aliphatic heterocycles. The molecule has 2 aromatic carbocycles. The molecule has 9 nitrogen and oxygen atoms in total. The van der Waals surface area contributed by atoms with E-state index in [0.717, 1.165) is 41.9 Å². The lowest BCUT2D eigenvalue weighted by Crippen LogP contribution is -2.42. The van der Waals surface area contributed by atoms with Gasteiger partial charge in [-0.05, 0) is 12.1 Å². The molecule has 0 saturated carbocycles. The highest BCUT2D eigenvalue weighted by molar-refractivity contribution is 8.76. The molecule has 0 bridgehead atoms. The van der Waals surface area contributed by atoms with E-state index < -0.39 is 0 Å². The lowest BCUT2D eigenvalue weighted by molar-refractivity contribution is -0.890. The van der Waals surface area contributed by atoms with Gasteiger partial charge in [-0.3, -0.25) is 19.2 Å². The first-order valence-electron chi connectivity index (χ1n) is 13.6.